The largest absolute Gasteiger partial charge is 0.352 e. The molecule has 0 bridgehead atoms. The highest BCUT2D eigenvalue weighted by molar-refractivity contribution is 5.97. The number of nitrogens with zero attached hydrogens (tertiary/aromatic N) is 2. The van der Waals surface area contributed by atoms with Gasteiger partial charge in [0.05, 0.1) is 11.7 Å². The zero-order chi connectivity index (χ0) is 13.1. The minimum Gasteiger partial charge on any atom is -0.352 e. The number of carbonyl (C=O) groups is 1. The van der Waals surface area contributed by atoms with E-state index in [1.54, 1.807) is 24.7 Å². The van der Waals surface area contributed by atoms with Crippen LogP contribution in [0.5, 0.6) is 0 Å². The van der Waals surface area contributed by atoms with Gasteiger partial charge in [-0.25, -0.2) is 4.98 Å². The first-order chi connectivity index (χ1) is 9.33. The number of amides is 1. The molecule has 0 saturated heterocycles. The Kier molecular flexibility index (Phi) is 2.97. The molecular weight excluding hydrogens is 242 g/mol. The molecule has 3 aromatic rings. The Bertz CT molecular complexity index is 686. The average molecular weight is 255 g/mol. The van der Waals surface area contributed by atoms with E-state index < -0.39 is 0 Å². The lowest BCUT2D eigenvalue weighted by Crippen LogP contribution is -2.25. The van der Waals surface area contributed by atoms with Crippen LogP contribution in [0.3, 0.4) is 0 Å². The molecule has 2 heterocycles. The molecule has 3 rings (SSSR count). The van der Waals surface area contributed by atoms with Crippen LogP contribution >= 0.6 is 0 Å². The molecule has 0 fully saturated rings. The summed E-state index contributed by atoms with van der Waals surface area (Å²) in [6, 6.07) is 5.45. The van der Waals surface area contributed by atoms with Crippen molar-refractivity contribution >= 4 is 16.8 Å². The van der Waals surface area contributed by atoms with Crippen LogP contribution in [0.2, 0.25) is 0 Å². The van der Waals surface area contributed by atoms with Crippen LogP contribution < -0.4 is 5.32 Å². The number of hydrogen-bond donors (Lipinski definition) is 3. The third kappa shape index (κ3) is 2.47. The standard InChI is InChI=1S/C13H13N5O/c19-13(16-4-3-12-14-5-6-15-12)9-1-2-11-10(7-9)8-17-18-11/h1-2,5-8H,3-4H2,(H,14,15)(H,16,19)(H,17,18). The Hall–Kier alpha value is -2.63. The maximum atomic E-state index is 12.0. The van der Waals surface area contributed by atoms with Gasteiger partial charge in [-0.3, -0.25) is 9.89 Å². The number of benzene rings is 1. The summed E-state index contributed by atoms with van der Waals surface area (Å²) in [6.45, 7) is 0.551. The summed E-state index contributed by atoms with van der Waals surface area (Å²) in [5, 5.41) is 10.6. The Morgan fingerprint density at radius 3 is 3.16 bits per heavy atom. The first-order valence-corrected chi connectivity index (χ1v) is 6.02. The van der Waals surface area contributed by atoms with Crippen LogP contribution in [0.1, 0.15) is 16.2 Å². The van der Waals surface area contributed by atoms with Gasteiger partial charge in [0.25, 0.3) is 5.91 Å². The molecule has 0 aliphatic heterocycles. The van der Waals surface area contributed by atoms with Gasteiger partial charge in [0.2, 0.25) is 0 Å². The summed E-state index contributed by atoms with van der Waals surface area (Å²) in [4.78, 5) is 19.1. The predicted molar refractivity (Wildman–Crippen MR) is 70.7 cm³/mol. The van der Waals surface area contributed by atoms with E-state index >= 15 is 0 Å². The normalized spacial score (nSPS) is 10.7. The molecule has 0 saturated carbocycles. The maximum Gasteiger partial charge on any atom is 0.251 e. The van der Waals surface area contributed by atoms with E-state index in [-0.39, 0.29) is 5.91 Å². The first-order valence-electron chi connectivity index (χ1n) is 6.02. The van der Waals surface area contributed by atoms with Crippen molar-refractivity contribution in [3.63, 3.8) is 0 Å². The van der Waals surface area contributed by atoms with Gasteiger partial charge in [0.15, 0.2) is 0 Å². The second kappa shape index (κ2) is 4.93. The van der Waals surface area contributed by atoms with E-state index in [0.29, 0.717) is 18.5 Å². The number of H-pyrrole nitrogens is 2. The van der Waals surface area contributed by atoms with Crippen molar-refractivity contribution in [1.82, 2.24) is 25.5 Å². The molecule has 6 heteroatoms. The summed E-state index contributed by atoms with van der Waals surface area (Å²) in [7, 11) is 0. The third-order valence-corrected chi connectivity index (χ3v) is 2.90. The fraction of sp³-hybridized carbons (Fsp3) is 0.154. The van der Waals surface area contributed by atoms with E-state index in [9.17, 15) is 4.79 Å². The lowest BCUT2D eigenvalue weighted by atomic mass is 10.1. The van der Waals surface area contributed by atoms with Crippen LogP contribution in [0.4, 0.5) is 0 Å². The Labute approximate surface area is 109 Å². The highest BCUT2D eigenvalue weighted by Crippen LogP contribution is 2.12. The number of rotatable bonds is 4. The Balaban J connectivity index is 1.63. The summed E-state index contributed by atoms with van der Waals surface area (Å²) in [6.07, 6.45) is 5.86. The molecule has 0 atom stereocenters. The van der Waals surface area contributed by atoms with Crippen LogP contribution in [-0.4, -0.2) is 32.6 Å². The van der Waals surface area contributed by atoms with E-state index in [2.05, 4.69) is 25.5 Å². The van der Waals surface area contributed by atoms with Crippen LogP contribution in [0, 0.1) is 0 Å². The van der Waals surface area contributed by atoms with E-state index in [4.69, 9.17) is 0 Å². The van der Waals surface area contributed by atoms with E-state index in [0.717, 1.165) is 16.7 Å². The topological polar surface area (TPSA) is 86.5 Å². The monoisotopic (exact) mass is 255 g/mol. The molecule has 0 aliphatic carbocycles. The predicted octanol–water partition coefficient (Wildman–Crippen LogP) is 1.26. The Morgan fingerprint density at radius 2 is 2.32 bits per heavy atom. The fourth-order valence-electron chi connectivity index (χ4n) is 1.92. The molecule has 0 spiro atoms. The van der Waals surface area contributed by atoms with Gasteiger partial charge >= 0.3 is 0 Å². The number of aromatic amines is 2. The number of hydrogen-bond acceptors (Lipinski definition) is 3. The van der Waals surface area contributed by atoms with Crippen molar-refractivity contribution in [3.8, 4) is 0 Å². The first kappa shape index (κ1) is 11.5. The van der Waals surface area contributed by atoms with E-state index in [1.165, 1.54) is 0 Å². The zero-order valence-electron chi connectivity index (χ0n) is 10.2. The summed E-state index contributed by atoms with van der Waals surface area (Å²) >= 11 is 0. The number of fused-ring (bicyclic) bond motifs is 1. The van der Waals surface area contributed by atoms with Gasteiger partial charge in [0.1, 0.15) is 5.82 Å². The van der Waals surface area contributed by atoms with Gasteiger partial charge in [-0.05, 0) is 18.2 Å². The molecular formula is C13H13N5O. The van der Waals surface area contributed by atoms with Gasteiger partial charge in [0, 0.05) is 36.3 Å². The van der Waals surface area contributed by atoms with Crippen LogP contribution in [-0.2, 0) is 6.42 Å². The molecule has 19 heavy (non-hydrogen) atoms. The van der Waals surface area contributed by atoms with Crippen molar-refractivity contribution in [1.29, 1.82) is 0 Å². The number of aromatic nitrogens is 4. The second-order valence-corrected chi connectivity index (χ2v) is 4.21. The molecule has 3 N–H and O–H groups in total. The highest BCUT2D eigenvalue weighted by Gasteiger charge is 2.06. The van der Waals surface area contributed by atoms with Gasteiger partial charge in [-0.2, -0.15) is 5.10 Å². The molecule has 1 amide bonds. The summed E-state index contributed by atoms with van der Waals surface area (Å²) < 4.78 is 0. The lowest BCUT2D eigenvalue weighted by Gasteiger charge is -2.04. The van der Waals surface area contributed by atoms with Crippen LogP contribution in [0.15, 0.2) is 36.8 Å². The van der Waals surface area contributed by atoms with Crippen molar-refractivity contribution in [2.24, 2.45) is 0 Å². The second-order valence-electron chi connectivity index (χ2n) is 4.21. The van der Waals surface area contributed by atoms with Crippen molar-refractivity contribution in [2.45, 2.75) is 6.42 Å². The Morgan fingerprint density at radius 1 is 1.37 bits per heavy atom. The van der Waals surface area contributed by atoms with Crippen molar-refractivity contribution in [2.75, 3.05) is 6.54 Å². The molecule has 0 aliphatic rings. The third-order valence-electron chi connectivity index (χ3n) is 2.90. The lowest BCUT2D eigenvalue weighted by molar-refractivity contribution is 0.0954. The van der Waals surface area contributed by atoms with Gasteiger partial charge in [-0.1, -0.05) is 0 Å². The molecule has 96 valence electrons. The van der Waals surface area contributed by atoms with E-state index in [1.807, 2.05) is 12.1 Å². The zero-order valence-corrected chi connectivity index (χ0v) is 10.2. The minimum atomic E-state index is -0.0883. The molecule has 2 aromatic heterocycles. The highest BCUT2D eigenvalue weighted by atomic mass is 16.1. The minimum absolute atomic E-state index is 0.0883. The van der Waals surface area contributed by atoms with Crippen LogP contribution in [0.25, 0.3) is 10.9 Å². The molecule has 0 unspecified atom stereocenters. The number of imidazole rings is 1. The molecule has 1 aromatic carbocycles. The number of nitrogens with one attached hydrogen (secondary N) is 3. The summed E-state index contributed by atoms with van der Waals surface area (Å²) in [5.74, 6) is 0.778. The quantitative estimate of drug-likeness (QED) is 0.656. The summed E-state index contributed by atoms with van der Waals surface area (Å²) in [5.41, 5.74) is 1.56. The van der Waals surface area contributed by atoms with Crippen molar-refractivity contribution in [3.05, 3.63) is 48.2 Å². The maximum absolute atomic E-state index is 12.0. The molecule has 0 radical (unpaired) electrons. The smallest absolute Gasteiger partial charge is 0.251 e. The average Bonchev–Trinajstić information content (AvgIpc) is 3.08. The van der Waals surface area contributed by atoms with Crippen molar-refractivity contribution < 1.29 is 4.79 Å². The number of carbonyl (C=O) groups excluding carboxylic acids is 1. The fourth-order valence-corrected chi connectivity index (χ4v) is 1.92. The molecule has 6 nitrogen and oxygen atoms in total. The van der Waals surface area contributed by atoms with Gasteiger partial charge in [-0.15, -0.1) is 0 Å². The van der Waals surface area contributed by atoms with Gasteiger partial charge < -0.3 is 10.3 Å². The SMILES string of the molecule is O=C(NCCc1ncc[nH]1)c1ccc2[nH]ncc2c1.